The summed E-state index contributed by atoms with van der Waals surface area (Å²) in [7, 11) is 1.63. The molecule has 2 N–H and O–H groups in total. The highest BCUT2D eigenvalue weighted by Crippen LogP contribution is 2.28. The van der Waals surface area contributed by atoms with E-state index in [9.17, 15) is 9.90 Å². The molecule has 1 unspecified atom stereocenters. The fourth-order valence-corrected chi connectivity index (χ4v) is 3.37. The van der Waals surface area contributed by atoms with Crippen LogP contribution in [-0.4, -0.2) is 58.5 Å². The summed E-state index contributed by atoms with van der Waals surface area (Å²) in [6, 6.07) is 0.00524. The van der Waals surface area contributed by atoms with Crippen LogP contribution in [0.15, 0.2) is 6.20 Å². The number of carbonyl (C=O) groups is 1. The summed E-state index contributed by atoms with van der Waals surface area (Å²) in [5.41, 5.74) is 2.31. The van der Waals surface area contributed by atoms with Crippen LogP contribution in [0.1, 0.15) is 24.1 Å². The maximum atomic E-state index is 12.7. The van der Waals surface area contributed by atoms with Crippen LogP contribution in [0.2, 0.25) is 0 Å². The first-order valence-electron chi connectivity index (χ1n) is 7.17. The highest BCUT2D eigenvalue weighted by molar-refractivity contribution is 5.80. The number of hydrogen-bond donors (Lipinski definition) is 2. The van der Waals surface area contributed by atoms with Crippen LogP contribution < -0.4 is 0 Å². The Bertz CT molecular complexity index is 488. The number of H-pyrrole nitrogens is 1. The van der Waals surface area contributed by atoms with Crippen LogP contribution in [0.5, 0.6) is 0 Å². The zero-order valence-corrected chi connectivity index (χ0v) is 11.7. The molecule has 1 saturated heterocycles. The minimum absolute atomic E-state index is 0.00524. The lowest BCUT2D eigenvalue weighted by molar-refractivity contribution is -0.138. The zero-order chi connectivity index (χ0) is 14.1. The van der Waals surface area contributed by atoms with Gasteiger partial charge in [0.15, 0.2) is 0 Å². The standard InChI is InChI=1S/C14H21N3O3/c1-20-8-11-5-12(18)7-17(11)14(19)9-2-3-10-6-15-16-13(10)4-9/h6,9,11-12,18H,2-5,7-8H2,1H3,(H,15,16)/t9?,11-,12+/m0/s1. The van der Waals surface area contributed by atoms with E-state index >= 15 is 0 Å². The summed E-state index contributed by atoms with van der Waals surface area (Å²) in [4.78, 5) is 14.5. The van der Waals surface area contributed by atoms with Gasteiger partial charge in [-0.25, -0.2) is 0 Å². The molecule has 0 spiro atoms. The van der Waals surface area contributed by atoms with Crippen molar-refractivity contribution in [2.75, 3.05) is 20.3 Å². The Hall–Kier alpha value is -1.40. The average molecular weight is 279 g/mol. The van der Waals surface area contributed by atoms with Gasteiger partial charge in [0.25, 0.3) is 0 Å². The summed E-state index contributed by atoms with van der Waals surface area (Å²) in [5, 5.41) is 16.8. The Labute approximate surface area is 118 Å². The number of likely N-dealkylation sites (tertiary alicyclic amines) is 1. The number of β-amino-alcohol motifs (C(OH)–C–C–N with tert-alkyl or cyclic N) is 1. The Morgan fingerprint density at radius 3 is 3.30 bits per heavy atom. The summed E-state index contributed by atoms with van der Waals surface area (Å²) >= 11 is 0. The van der Waals surface area contributed by atoms with Crippen molar-refractivity contribution in [1.82, 2.24) is 15.1 Å². The number of nitrogens with zero attached hydrogens (tertiary/aromatic N) is 2. The lowest BCUT2D eigenvalue weighted by Gasteiger charge is -2.30. The van der Waals surface area contributed by atoms with Gasteiger partial charge in [-0.3, -0.25) is 9.89 Å². The number of carbonyl (C=O) groups excluding carboxylic acids is 1. The molecule has 0 radical (unpaired) electrons. The predicted molar refractivity (Wildman–Crippen MR) is 72.1 cm³/mol. The molecule has 1 aliphatic carbocycles. The van der Waals surface area contributed by atoms with E-state index < -0.39 is 6.10 Å². The molecular weight excluding hydrogens is 258 g/mol. The molecule has 0 bridgehead atoms. The van der Waals surface area contributed by atoms with E-state index in [0.29, 0.717) is 19.6 Å². The third-order valence-corrected chi connectivity index (χ3v) is 4.40. The van der Waals surface area contributed by atoms with Gasteiger partial charge in [-0.05, 0) is 24.8 Å². The molecule has 20 heavy (non-hydrogen) atoms. The molecule has 1 aromatic rings. The number of hydrogen-bond acceptors (Lipinski definition) is 4. The van der Waals surface area contributed by atoms with E-state index in [1.165, 1.54) is 5.56 Å². The zero-order valence-electron chi connectivity index (χ0n) is 11.7. The second-order valence-electron chi connectivity index (χ2n) is 5.80. The van der Waals surface area contributed by atoms with Crippen LogP contribution in [0, 0.1) is 5.92 Å². The Kier molecular flexibility index (Phi) is 3.76. The topological polar surface area (TPSA) is 78.5 Å². The van der Waals surface area contributed by atoms with Gasteiger partial charge >= 0.3 is 0 Å². The quantitative estimate of drug-likeness (QED) is 0.824. The van der Waals surface area contributed by atoms with Crippen LogP contribution in [-0.2, 0) is 22.4 Å². The van der Waals surface area contributed by atoms with Crippen LogP contribution >= 0.6 is 0 Å². The van der Waals surface area contributed by atoms with Crippen molar-refractivity contribution in [3.8, 4) is 0 Å². The van der Waals surface area contributed by atoms with Gasteiger partial charge in [-0.1, -0.05) is 0 Å². The number of aromatic nitrogens is 2. The highest BCUT2D eigenvalue weighted by Gasteiger charge is 2.38. The monoisotopic (exact) mass is 279 g/mol. The van der Waals surface area contributed by atoms with E-state index in [2.05, 4.69) is 10.2 Å². The molecule has 110 valence electrons. The first-order chi connectivity index (χ1) is 9.69. The number of fused-ring (bicyclic) bond motifs is 1. The number of amides is 1. The van der Waals surface area contributed by atoms with E-state index in [-0.39, 0.29) is 17.9 Å². The van der Waals surface area contributed by atoms with E-state index in [1.807, 2.05) is 6.20 Å². The smallest absolute Gasteiger partial charge is 0.226 e. The van der Waals surface area contributed by atoms with Crippen molar-refractivity contribution < 1.29 is 14.6 Å². The molecule has 2 aliphatic rings. The average Bonchev–Trinajstić information content (AvgIpc) is 3.04. The highest BCUT2D eigenvalue weighted by atomic mass is 16.5. The van der Waals surface area contributed by atoms with E-state index in [4.69, 9.17) is 4.74 Å². The maximum absolute atomic E-state index is 12.7. The first-order valence-corrected chi connectivity index (χ1v) is 7.17. The number of nitrogens with one attached hydrogen (secondary N) is 1. The van der Waals surface area contributed by atoms with Crippen molar-refractivity contribution in [2.24, 2.45) is 5.92 Å². The van der Waals surface area contributed by atoms with E-state index in [1.54, 1.807) is 12.0 Å². The molecule has 1 amide bonds. The van der Waals surface area contributed by atoms with Crippen LogP contribution in [0.25, 0.3) is 0 Å². The SMILES string of the molecule is COC[C@@H]1C[C@@H](O)CN1C(=O)C1CCc2cn[nH]c2C1. The molecule has 0 aromatic carbocycles. The molecule has 1 aliphatic heterocycles. The summed E-state index contributed by atoms with van der Waals surface area (Å²) in [6.07, 6.45) is 4.52. The summed E-state index contributed by atoms with van der Waals surface area (Å²) in [6.45, 7) is 0.921. The van der Waals surface area contributed by atoms with Gasteiger partial charge in [-0.2, -0.15) is 5.10 Å². The molecule has 1 aromatic heterocycles. The van der Waals surface area contributed by atoms with Crippen molar-refractivity contribution in [1.29, 1.82) is 0 Å². The Morgan fingerprint density at radius 1 is 1.65 bits per heavy atom. The van der Waals surface area contributed by atoms with Crippen molar-refractivity contribution in [3.63, 3.8) is 0 Å². The fourth-order valence-electron chi connectivity index (χ4n) is 3.37. The minimum atomic E-state index is -0.426. The van der Waals surface area contributed by atoms with Gasteiger partial charge in [0, 0.05) is 31.7 Å². The molecule has 0 saturated carbocycles. The molecule has 1 fully saturated rings. The lowest BCUT2D eigenvalue weighted by Crippen LogP contribution is -2.43. The molecule has 3 rings (SSSR count). The van der Waals surface area contributed by atoms with Gasteiger partial charge in [0.05, 0.1) is 24.9 Å². The normalized spacial score (nSPS) is 29.5. The van der Waals surface area contributed by atoms with Crippen molar-refractivity contribution in [3.05, 3.63) is 17.5 Å². The van der Waals surface area contributed by atoms with Crippen LogP contribution in [0.4, 0.5) is 0 Å². The maximum Gasteiger partial charge on any atom is 0.226 e. The number of aryl methyl sites for hydroxylation is 1. The number of aromatic amines is 1. The van der Waals surface area contributed by atoms with Crippen molar-refractivity contribution >= 4 is 5.91 Å². The Balaban J connectivity index is 1.69. The number of methoxy groups -OCH3 is 1. The Morgan fingerprint density at radius 2 is 2.50 bits per heavy atom. The minimum Gasteiger partial charge on any atom is -0.391 e. The van der Waals surface area contributed by atoms with Gasteiger partial charge in [-0.15, -0.1) is 0 Å². The molecule has 2 heterocycles. The second-order valence-corrected chi connectivity index (χ2v) is 5.80. The van der Waals surface area contributed by atoms with Gasteiger partial charge in [0.1, 0.15) is 0 Å². The van der Waals surface area contributed by atoms with Crippen LogP contribution in [0.3, 0.4) is 0 Å². The number of ether oxygens (including phenoxy) is 1. The van der Waals surface area contributed by atoms with E-state index in [0.717, 1.165) is 25.0 Å². The summed E-state index contributed by atoms with van der Waals surface area (Å²) in [5.74, 6) is 0.136. The van der Waals surface area contributed by atoms with Gasteiger partial charge < -0.3 is 14.7 Å². The van der Waals surface area contributed by atoms with Gasteiger partial charge in [0.2, 0.25) is 5.91 Å². The third kappa shape index (κ3) is 2.45. The molecular formula is C14H21N3O3. The number of rotatable bonds is 3. The lowest BCUT2D eigenvalue weighted by atomic mass is 9.87. The molecule has 6 heteroatoms. The summed E-state index contributed by atoms with van der Waals surface area (Å²) < 4.78 is 5.16. The first kappa shape index (κ1) is 13.6. The second kappa shape index (κ2) is 5.54. The third-order valence-electron chi connectivity index (χ3n) is 4.40. The fraction of sp³-hybridized carbons (Fsp3) is 0.714. The number of aliphatic hydroxyl groups is 1. The molecule has 3 atom stereocenters. The number of aliphatic hydroxyl groups excluding tert-OH is 1. The van der Waals surface area contributed by atoms with Crippen molar-refractivity contribution in [2.45, 2.75) is 37.8 Å². The predicted octanol–water partition coefficient (Wildman–Crippen LogP) is 0.123. The largest absolute Gasteiger partial charge is 0.391 e. The molecule has 6 nitrogen and oxygen atoms in total.